The zero-order valence-corrected chi connectivity index (χ0v) is 12.9. The molecule has 3 rings (SSSR count). The Morgan fingerprint density at radius 2 is 2.18 bits per heavy atom. The molecule has 3 N–H and O–H groups in total. The second kappa shape index (κ2) is 6.29. The fraction of sp³-hybridized carbons (Fsp3) is 0.467. The van der Waals surface area contributed by atoms with Gasteiger partial charge in [-0.15, -0.1) is 11.3 Å². The Balaban J connectivity index is 1.71. The van der Waals surface area contributed by atoms with Crippen molar-refractivity contribution < 1.29 is 19.7 Å². The molecule has 118 valence electrons. The van der Waals surface area contributed by atoms with E-state index in [0.717, 1.165) is 10.2 Å². The normalized spacial score (nSPS) is 28.1. The molecular formula is C15H18N2O4S. The van der Waals surface area contributed by atoms with E-state index in [1.807, 2.05) is 24.3 Å². The fourth-order valence-corrected chi connectivity index (χ4v) is 3.72. The van der Waals surface area contributed by atoms with Gasteiger partial charge in [-0.3, -0.25) is 4.79 Å². The predicted octanol–water partition coefficient (Wildman–Crippen LogP) is 0.783. The van der Waals surface area contributed by atoms with Crippen LogP contribution in [-0.4, -0.2) is 53.1 Å². The molecule has 2 aromatic rings. The van der Waals surface area contributed by atoms with E-state index in [4.69, 9.17) is 4.74 Å². The molecule has 1 saturated carbocycles. The molecule has 1 amide bonds. The summed E-state index contributed by atoms with van der Waals surface area (Å²) in [6.45, 7) is 0.353. The number of aromatic nitrogens is 1. The summed E-state index contributed by atoms with van der Waals surface area (Å²) < 4.78 is 5.97. The van der Waals surface area contributed by atoms with E-state index in [-0.39, 0.29) is 11.8 Å². The molecule has 4 unspecified atom stereocenters. The van der Waals surface area contributed by atoms with Crippen LogP contribution in [0.5, 0.6) is 0 Å². The van der Waals surface area contributed by atoms with Gasteiger partial charge in [0.15, 0.2) is 5.01 Å². The van der Waals surface area contributed by atoms with Crippen molar-refractivity contribution in [3.05, 3.63) is 29.3 Å². The van der Waals surface area contributed by atoms with Crippen molar-refractivity contribution in [2.24, 2.45) is 5.92 Å². The first-order chi connectivity index (χ1) is 10.6. The van der Waals surface area contributed by atoms with Gasteiger partial charge < -0.3 is 20.3 Å². The van der Waals surface area contributed by atoms with Gasteiger partial charge in [0.05, 0.1) is 29.0 Å². The van der Waals surface area contributed by atoms with Crippen LogP contribution >= 0.6 is 11.3 Å². The van der Waals surface area contributed by atoms with E-state index < -0.39 is 18.2 Å². The molecule has 0 saturated heterocycles. The van der Waals surface area contributed by atoms with Gasteiger partial charge in [0.2, 0.25) is 0 Å². The molecule has 0 radical (unpaired) electrons. The average Bonchev–Trinajstić information content (AvgIpc) is 3.05. The SMILES string of the molecule is COCC1CC(NC(=O)c2nc3ccccc3s2)C(O)C1O. The summed E-state index contributed by atoms with van der Waals surface area (Å²) in [4.78, 5) is 16.6. The number of aliphatic hydroxyl groups excluding tert-OH is 2. The van der Waals surface area contributed by atoms with Crippen molar-refractivity contribution in [3.8, 4) is 0 Å². The third-order valence-electron chi connectivity index (χ3n) is 3.99. The van der Waals surface area contributed by atoms with Gasteiger partial charge in [0.25, 0.3) is 5.91 Å². The maximum Gasteiger partial charge on any atom is 0.280 e. The molecule has 1 fully saturated rings. The van der Waals surface area contributed by atoms with Crippen molar-refractivity contribution >= 4 is 27.5 Å². The lowest BCUT2D eigenvalue weighted by atomic mass is 10.1. The van der Waals surface area contributed by atoms with Crippen molar-refractivity contribution in [2.75, 3.05) is 13.7 Å². The van der Waals surface area contributed by atoms with Gasteiger partial charge in [-0.25, -0.2) is 4.98 Å². The maximum absolute atomic E-state index is 12.3. The minimum atomic E-state index is -0.988. The minimum absolute atomic E-state index is 0.180. The van der Waals surface area contributed by atoms with Crippen molar-refractivity contribution in [2.45, 2.75) is 24.7 Å². The van der Waals surface area contributed by atoms with Crippen LogP contribution in [0.3, 0.4) is 0 Å². The average molecular weight is 322 g/mol. The van der Waals surface area contributed by atoms with Gasteiger partial charge in [-0.2, -0.15) is 0 Å². The minimum Gasteiger partial charge on any atom is -0.390 e. The molecular weight excluding hydrogens is 304 g/mol. The highest BCUT2D eigenvalue weighted by Gasteiger charge is 2.42. The van der Waals surface area contributed by atoms with Crippen LogP contribution in [0.25, 0.3) is 10.2 Å². The number of nitrogens with zero attached hydrogens (tertiary/aromatic N) is 1. The number of thiazole rings is 1. The number of carbonyl (C=O) groups is 1. The third kappa shape index (κ3) is 2.85. The first-order valence-electron chi connectivity index (χ1n) is 7.11. The molecule has 6 nitrogen and oxygen atoms in total. The number of para-hydroxylation sites is 1. The van der Waals surface area contributed by atoms with Crippen molar-refractivity contribution in [1.82, 2.24) is 10.3 Å². The first kappa shape index (κ1) is 15.4. The highest BCUT2D eigenvalue weighted by atomic mass is 32.1. The molecule has 1 aliphatic rings. The topological polar surface area (TPSA) is 91.7 Å². The Kier molecular flexibility index (Phi) is 4.39. The fourth-order valence-electron chi connectivity index (χ4n) is 2.85. The van der Waals surface area contributed by atoms with E-state index in [1.165, 1.54) is 11.3 Å². The molecule has 0 bridgehead atoms. The molecule has 1 aromatic heterocycles. The number of methoxy groups -OCH3 is 1. The summed E-state index contributed by atoms with van der Waals surface area (Å²) >= 11 is 1.31. The lowest BCUT2D eigenvalue weighted by Gasteiger charge is -2.17. The van der Waals surface area contributed by atoms with Crippen LogP contribution in [0, 0.1) is 5.92 Å². The highest BCUT2D eigenvalue weighted by molar-refractivity contribution is 7.20. The quantitative estimate of drug-likeness (QED) is 0.774. The monoisotopic (exact) mass is 322 g/mol. The molecule has 1 aromatic carbocycles. The van der Waals surface area contributed by atoms with E-state index in [0.29, 0.717) is 18.0 Å². The van der Waals surface area contributed by atoms with E-state index >= 15 is 0 Å². The van der Waals surface area contributed by atoms with Crippen LogP contribution in [0.15, 0.2) is 24.3 Å². The Hall–Kier alpha value is -1.54. The number of hydrogen-bond donors (Lipinski definition) is 3. The molecule has 22 heavy (non-hydrogen) atoms. The van der Waals surface area contributed by atoms with Gasteiger partial charge in [0, 0.05) is 13.0 Å². The number of nitrogens with one attached hydrogen (secondary N) is 1. The molecule has 7 heteroatoms. The maximum atomic E-state index is 12.3. The third-order valence-corrected chi connectivity index (χ3v) is 5.02. The lowest BCUT2D eigenvalue weighted by Crippen LogP contribution is -2.43. The van der Waals surface area contributed by atoms with Crippen LogP contribution in [0.2, 0.25) is 0 Å². The lowest BCUT2D eigenvalue weighted by molar-refractivity contribution is -0.00552. The Morgan fingerprint density at radius 1 is 1.41 bits per heavy atom. The Morgan fingerprint density at radius 3 is 2.91 bits per heavy atom. The van der Waals surface area contributed by atoms with E-state index in [2.05, 4.69) is 10.3 Å². The van der Waals surface area contributed by atoms with Crippen LogP contribution in [-0.2, 0) is 4.74 Å². The summed E-state index contributed by atoms with van der Waals surface area (Å²) in [5.74, 6) is -0.504. The zero-order chi connectivity index (χ0) is 15.7. The molecule has 4 atom stereocenters. The highest BCUT2D eigenvalue weighted by Crippen LogP contribution is 2.28. The smallest absolute Gasteiger partial charge is 0.280 e. The van der Waals surface area contributed by atoms with E-state index in [9.17, 15) is 15.0 Å². The number of amides is 1. The molecule has 0 aliphatic heterocycles. The number of hydrogen-bond acceptors (Lipinski definition) is 6. The summed E-state index contributed by atoms with van der Waals surface area (Å²) in [5, 5.41) is 23.1. The van der Waals surface area contributed by atoms with Crippen molar-refractivity contribution in [3.63, 3.8) is 0 Å². The summed E-state index contributed by atoms with van der Waals surface area (Å²) in [5.41, 5.74) is 0.780. The standard InChI is InChI=1S/C15H18N2O4S/c1-21-7-8-6-10(13(19)12(8)18)16-14(20)15-17-9-4-2-3-5-11(9)22-15/h2-5,8,10,12-13,18-19H,6-7H2,1H3,(H,16,20). The van der Waals surface area contributed by atoms with Gasteiger partial charge in [-0.05, 0) is 18.6 Å². The summed E-state index contributed by atoms with van der Waals surface area (Å²) in [6, 6.07) is 7.04. The Bertz CT molecular complexity index is 641. The van der Waals surface area contributed by atoms with E-state index in [1.54, 1.807) is 7.11 Å². The number of rotatable bonds is 4. The second-order valence-corrected chi connectivity index (χ2v) is 6.53. The number of aliphatic hydroxyl groups is 2. The predicted molar refractivity (Wildman–Crippen MR) is 82.9 cm³/mol. The van der Waals surface area contributed by atoms with Gasteiger partial charge in [0.1, 0.15) is 6.10 Å². The number of benzene rings is 1. The summed E-state index contributed by atoms with van der Waals surface area (Å²) in [7, 11) is 1.55. The molecule has 1 aliphatic carbocycles. The van der Waals surface area contributed by atoms with Crippen LogP contribution in [0.4, 0.5) is 0 Å². The first-order valence-corrected chi connectivity index (χ1v) is 7.93. The zero-order valence-electron chi connectivity index (χ0n) is 12.1. The summed E-state index contributed by atoms with van der Waals surface area (Å²) in [6.07, 6.45) is -1.40. The number of fused-ring (bicyclic) bond motifs is 1. The Labute approximate surface area is 131 Å². The van der Waals surface area contributed by atoms with Crippen molar-refractivity contribution in [1.29, 1.82) is 0 Å². The molecule has 1 heterocycles. The van der Waals surface area contributed by atoms with Gasteiger partial charge >= 0.3 is 0 Å². The molecule has 0 spiro atoms. The van der Waals surface area contributed by atoms with Crippen LogP contribution in [0.1, 0.15) is 16.2 Å². The van der Waals surface area contributed by atoms with Crippen LogP contribution < -0.4 is 5.32 Å². The largest absolute Gasteiger partial charge is 0.390 e. The second-order valence-electron chi connectivity index (χ2n) is 5.50. The number of carbonyl (C=O) groups excluding carboxylic acids is 1. The number of ether oxygens (including phenoxy) is 1. The van der Waals surface area contributed by atoms with Gasteiger partial charge in [-0.1, -0.05) is 12.1 Å².